The number of methoxy groups -OCH3 is 1. The Morgan fingerprint density at radius 1 is 1.22 bits per heavy atom. The molecule has 0 aromatic heterocycles. The predicted octanol–water partition coefficient (Wildman–Crippen LogP) is 2.29. The quantitative estimate of drug-likeness (QED) is 0.490. The van der Waals surface area contributed by atoms with Crippen molar-refractivity contribution in [1.29, 1.82) is 0 Å². The molecule has 0 aliphatic rings. The number of rotatable bonds is 5. The van der Waals surface area contributed by atoms with Gasteiger partial charge in [-0.2, -0.15) is 0 Å². The molecule has 0 spiro atoms. The number of benzene rings is 2. The fraction of sp³-hybridized carbons (Fsp3) is 0.143. The van der Waals surface area contributed by atoms with Gasteiger partial charge in [0.05, 0.1) is 17.7 Å². The lowest BCUT2D eigenvalue weighted by Gasteiger charge is -2.12. The second-order valence-corrected chi connectivity index (χ2v) is 6.44. The van der Waals surface area contributed by atoms with Gasteiger partial charge in [-0.1, -0.05) is 6.07 Å². The summed E-state index contributed by atoms with van der Waals surface area (Å²) in [4.78, 5) is 10.1. The van der Waals surface area contributed by atoms with Gasteiger partial charge in [-0.05, 0) is 36.8 Å². The summed E-state index contributed by atoms with van der Waals surface area (Å²) in [5.41, 5.74) is 5.84. The Balaban J connectivity index is 2.45. The molecule has 2 aromatic carbocycles. The predicted molar refractivity (Wildman–Crippen MR) is 86.0 cm³/mol. The number of ether oxygens (including phenoxy) is 1. The van der Waals surface area contributed by atoms with Gasteiger partial charge < -0.3 is 10.5 Å². The molecule has 3 N–H and O–H groups in total. The lowest BCUT2D eigenvalue weighted by Crippen LogP contribution is -2.14. The van der Waals surface area contributed by atoms with E-state index in [2.05, 4.69) is 4.72 Å². The van der Waals surface area contributed by atoms with Gasteiger partial charge in [0.15, 0.2) is 0 Å². The highest BCUT2D eigenvalue weighted by Crippen LogP contribution is 2.29. The first-order valence-corrected chi connectivity index (χ1v) is 7.94. The van der Waals surface area contributed by atoms with E-state index in [4.69, 9.17) is 10.5 Å². The molecular weight excluding hydrogens is 322 g/mol. The molecule has 9 heteroatoms. The van der Waals surface area contributed by atoms with Crippen molar-refractivity contribution in [2.75, 3.05) is 17.6 Å². The topological polar surface area (TPSA) is 125 Å². The number of nitrogen functional groups attached to an aromatic ring is 1. The minimum Gasteiger partial charge on any atom is -0.495 e. The Hall–Kier alpha value is -2.81. The fourth-order valence-electron chi connectivity index (χ4n) is 1.97. The standard InChI is InChI=1S/C14H15N3O5S/c1-9-3-6-13(22-2)14(7-9)23(20,21)16-10-4-5-11(15)12(8-10)17(18)19/h3-8,16H,15H2,1-2H3. The molecule has 0 amide bonds. The van der Waals surface area contributed by atoms with E-state index in [0.717, 1.165) is 11.6 Å². The molecule has 0 aliphatic heterocycles. The Kier molecular flexibility index (Phi) is 4.41. The minimum atomic E-state index is -3.97. The second-order valence-electron chi connectivity index (χ2n) is 4.79. The normalized spacial score (nSPS) is 11.0. The van der Waals surface area contributed by atoms with Crippen LogP contribution in [0.15, 0.2) is 41.3 Å². The Labute approximate surface area is 133 Å². The number of anilines is 2. The van der Waals surface area contributed by atoms with E-state index < -0.39 is 14.9 Å². The molecule has 8 nitrogen and oxygen atoms in total. The van der Waals surface area contributed by atoms with Crippen molar-refractivity contribution in [2.24, 2.45) is 0 Å². The zero-order valence-electron chi connectivity index (χ0n) is 12.4. The molecule has 0 aliphatic carbocycles. The third kappa shape index (κ3) is 3.51. The van der Waals surface area contributed by atoms with E-state index in [1.807, 2.05) is 0 Å². The zero-order chi connectivity index (χ0) is 17.2. The molecule has 0 saturated heterocycles. The Morgan fingerprint density at radius 3 is 2.52 bits per heavy atom. The number of nitrogens with two attached hydrogens (primary N) is 1. The van der Waals surface area contributed by atoms with Crippen LogP contribution in [-0.2, 0) is 10.0 Å². The summed E-state index contributed by atoms with van der Waals surface area (Å²) in [6.45, 7) is 1.74. The number of nitrogens with one attached hydrogen (secondary N) is 1. The van der Waals surface area contributed by atoms with Crippen LogP contribution in [0.25, 0.3) is 0 Å². The average molecular weight is 337 g/mol. The van der Waals surface area contributed by atoms with E-state index in [1.54, 1.807) is 13.0 Å². The summed E-state index contributed by atoms with van der Waals surface area (Å²) in [5.74, 6) is 0.174. The van der Waals surface area contributed by atoms with Gasteiger partial charge in [0.25, 0.3) is 15.7 Å². The van der Waals surface area contributed by atoms with Crippen molar-refractivity contribution in [3.8, 4) is 5.75 Å². The van der Waals surface area contributed by atoms with Gasteiger partial charge in [0.1, 0.15) is 16.3 Å². The molecule has 0 bridgehead atoms. The van der Waals surface area contributed by atoms with Gasteiger partial charge >= 0.3 is 0 Å². The number of hydrogen-bond acceptors (Lipinski definition) is 6. The Morgan fingerprint density at radius 2 is 1.91 bits per heavy atom. The molecule has 0 atom stereocenters. The van der Waals surface area contributed by atoms with E-state index in [0.29, 0.717) is 0 Å². The molecule has 23 heavy (non-hydrogen) atoms. The first-order chi connectivity index (χ1) is 10.7. The molecule has 0 saturated carbocycles. The number of aryl methyl sites for hydroxylation is 1. The lowest BCUT2D eigenvalue weighted by molar-refractivity contribution is -0.383. The SMILES string of the molecule is COc1ccc(C)cc1S(=O)(=O)Nc1ccc(N)c([N+](=O)[O-])c1. The number of nitro groups is 1. The van der Waals surface area contributed by atoms with Crippen LogP contribution in [0.4, 0.5) is 17.1 Å². The highest BCUT2D eigenvalue weighted by atomic mass is 32.2. The molecule has 122 valence electrons. The number of nitro benzene ring substituents is 1. The molecule has 2 aromatic rings. The van der Waals surface area contributed by atoms with Crippen LogP contribution < -0.4 is 15.2 Å². The van der Waals surface area contributed by atoms with E-state index in [-0.39, 0.29) is 27.7 Å². The zero-order valence-corrected chi connectivity index (χ0v) is 13.3. The summed E-state index contributed by atoms with van der Waals surface area (Å²) in [7, 11) is -2.61. The van der Waals surface area contributed by atoms with E-state index in [1.165, 1.54) is 31.4 Å². The summed E-state index contributed by atoms with van der Waals surface area (Å²) in [6.07, 6.45) is 0. The van der Waals surface area contributed by atoms with Crippen LogP contribution in [0, 0.1) is 17.0 Å². The van der Waals surface area contributed by atoms with Crippen LogP contribution in [0.3, 0.4) is 0 Å². The first kappa shape index (κ1) is 16.6. The maximum absolute atomic E-state index is 12.5. The van der Waals surface area contributed by atoms with Crippen LogP contribution in [0.2, 0.25) is 0 Å². The first-order valence-electron chi connectivity index (χ1n) is 6.46. The van der Waals surface area contributed by atoms with Gasteiger partial charge in [-0.15, -0.1) is 0 Å². The van der Waals surface area contributed by atoms with Gasteiger partial charge in [0, 0.05) is 6.07 Å². The minimum absolute atomic E-state index is 0.0365. The highest BCUT2D eigenvalue weighted by Gasteiger charge is 2.21. The van der Waals surface area contributed by atoms with Gasteiger partial charge in [-0.3, -0.25) is 14.8 Å². The van der Waals surface area contributed by atoms with Crippen molar-refractivity contribution in [3.63, 3.8) is 0 Å². The smallest absolute Gasteiger partial charge is 0.294 e. The van der Waals surface area contributed by atoms with Gasteiger partial charge in [-0.25, -0.2) is 8.42 Å². The van der Waals surface area contributed by atoms with E-state index in [9.17, 15) is 18.5 Å². The lowest BCUT2D eigenvalue weighted by atomic mass is 10.2. The Bertz CT molecular complexity index is 865. The highest BCUT2D eigenvalue weighted by molar-refractivity contribution is 7.92. The third-order valence-corrected chi connectivity index (χ3v) is 4.49. The molecule has 0 heterocycles. The number of nitrogens with zero attached hydrogens (tertiary/aromatic N) is 1. The summed E-state index contributed by atoms with van der Waals surface area (Å²) < 4.78 is 32.4. The fourth-order valence-corrected chi connectivity index (χ4v) is 3.27. The maximum atomic E-state index is 12.5. The van der Waals surface area contributed by atoms with Crippen LogP contribution in [-0.4, -0.2) is 20.5 Å². The van der Waals surface area contributed by atoms with Crippen molar-refractivity contribution in [1.82, 2.24) is 0 Å². The molecule has 0 fully saturated rings. The molecule has 0 unspecified atom stereocenters. The van der Waals surface area contributed by atoms with Crippen molar-refractivity contribution in [2.45, 2.75) is 11.8 Å². The van der Waals surface area contributed by atoms with Crippen LogP contribution in [0.5, 0.6) is 5.75 Å². The summed E-state index contributed by atoms with van der Waals surface area (Å²) >= 11 is 0. The van der Waals surface area contributed by atoms with E-state index >= 15 is 0 Å². The average Bonchev–Trinajstić information content (AvgIpc) is 2.48. The van der Waals surface area contributed by atoms with Crippen LogP contribution in [0.1, 0.15) is 5.56 Å². The largest absolute Gasteiger partial charge is 0.495 e. The third-order valence-electron chi connectivity index (χ3n) is 3.09. The second kappa shape index (κ2) is 6.13. The van der Waals surface area contributed by atoms with Crippen molar-refractivity contribution >= 4 is 27.1 Å². The van der Waals surface area contributed by atoms with Crippen LogP contribution >= 0.6 is 0 Å². The number of sulfonamides is 1. The summed E-state index contributed by atoms with van der Waals surface area (Å²) in [6, 6.07) is 8.38. The molecule has 2 rings (SSSR count). The van der Waals surface area contributed by atoms with Crippen molar-refractivity contribution in [3.05, 3.63) is 52.1 Å². The monoisotopic (exact) mass is 337 g/mol. The summed E-state index contributed by atoms with van der Waals surface area (Å²) in [5, 5.41) is 10.9. The number of hydrogen-bond donors (Lipinski definition) is 2. The van der Waals surface area contributed by atoms with Gasteiger partial charge in [0.2, 0.25) is 0 Å². The maximum Gasteiger partial charge on any atom is 0.294 e. The molecule has 0 radical (unpaired) electrons. The molecular formula is C14H15N3O5S. The van der Waals surface area contributed by atoms with Crippen molar-refractivity contribution < 1.29 is 18.1 Å².